The number of rotatable bonds is 4. The number of nitrogens with zero attached hydrogens (tertiary/aromatic N) is 2. The predicted molar refractivity (Wildman–Crippen MR) is 109 cm³/mol. The molecule has 0 unspecified atom stereocenters. The number of amides is 1. The third-order valence-corrected chi connectivity index (χ3v) is 5.68. The van der Waals surface area contributed by atoms with Gasteiger partial charge in [-0.3, -0.25) is 4.79 Å². The summed E-state index contributed by atoms with van der Waals surface area (Å²) in [6.45, 7) is 1.56. The van der Waals surface area contributed by atoms with Crippen molar-refractivity contribution in [1.29, 1.82) is 0 Å². The third-order valence-electron chi connectivity index (χ3n) is 5.68. The van der Waals surface area contributed by atoms with Gasteiger partial charge in [-0.2, -0.15) is 0 Å². The van der Waals surface area contributed by atoms with Crippen LogP contribution in [0.15, 0.2) is 42.5 Å². The quantitative estimate of drug-likeness (QED) is 0.716. The maximum atomic E-state index is 14.1. The average Bonchev–Trinajstić information content (AvgIpc) is 3.20. The van der Waals surface area contributed by atoms with E-state index in [1.807, 2.05) is 0 Å². The Labute approximate surface area is 167 Å². The Morgan fingerprint density at radius 2 is 1.83 bits per heavy atom. The second kappa shape index (κ2) is 7.73. The lowest BCUT2D eigenvalue weighted by Gasteiger charge is -2.37. The van der Waals surface area contributed by atoms with E-state index in [1.165, 1.54) is 25.3 Å². The molecule has 0 aliphatic carbocycles. The molecule has 152 valence electrons. The number of H-pyrrole nitrogens is 1. The summed E-state index contributed by atoms with van der Waals surface area (Å²) >= 11 is 0. The number of halogens is 2. The molecule has 0 bridgehead atoms. The Morgan fingerprint density at radius 3 is 2.48 bits per heavy atom. The van der Waals surface area contributed by atoms with Crippen molar-refractivity contribution in [3.8, 4) is 5.75 Å². The summed E-state index contributed by atoms with van der Waals surface area (Å²) in [6, 6.07) is 11.1. The molecule has 4 rings (SSSR count). The van der Waals surface area contributed by atoms with Crippen molar-refractivity contribution in [2.45, 2.75) is 18.9 Å². The smallest absolute Gasteiger partial charge is 0.270 e. The first kappa shape index (κ1) is 19.2. The number of hydrogen-bond acceptors (Lipinski definition) is 3. The number of ether oxygens (including phenoxy) is 1. The van der Waals surface area contributed by atoms with Gasteiger partial charge in [0.05, 0.1) is 12.6 Å². The minimum absolute atomic E-state index is 0.0809. The van der Waals surface area contributed by atoms with E-state index in [1.54, 1.807) is 36.2 Å². The molecule has 1 aromatic heterocycles. The van der Waals surface area contributed by atoms with Gasteiger partial charge in [-0.05, 0) is 55.3 Å². The van der Waals surface area contributed by atoms with Gasteiger partial charge in [0.2, 0.25) is 0 Å². The van der Waals surface area contributed by atoms with Gasteiger partial charge >= 0.3 is 0 Å². The molecule has 0 saturated carbocycles. The van der Waals surface area contributed by atoms with Crippen LogP contribution >= 0.6 is 0 Å². The molecule has 0 atom stereocenters. The Morgan fingerprint density at radius 1 is 1.14 bits per heavy atom. The largest absolute Gasteiger partial charge is 0.496 e. The standard InChI is InChI=1S/C22H23F2N3O2/c1-26(15-9-11-27(12-10-15)16-5-3-14(23)4-6-16)22(28)19-13-17-20(29-2)8-7-18(24)21(17)25-19/h3-8,13,15,25H,9-12H2,1-2H3. The number of aromatic nitrogens is 1. The first-order chi connectivity index (χ1) is 14.0. The maximum absolute atomic E-state index is 14.1. The van der Waals surface area contributed by atoms with Gasteiger partial charge in [0.15, 0.2) is 0 Å². The molecule has 3 aromatic rings. The van der Waals surface area contributed by atoms with E-state index >= 15 is 0 Å². The molecule has 1 N–H and O–H groups in total. The van der Waals surface area contributed by atoms with Gasteiger partial charge in [-0.25, -0.2) is 8.78 Å². The van der Waals surface area contributed by atoms with Crippen LogP contribution in [-0.4, -0.2) is 49.1 Å². The number of methoxy groups -OCH3 is 1. The summed E-state index contributed by atoms with van der Waals surface area (Å²) in [7, 11) is 3.29. The van der Waals surface area contributed by atoms with Gasteiger partial charge in [0.1, 0.15) is 23.1 Å². The van der Waals surface area contributed by atoms with Gasteiger partial charge in [0, 0.05) is 37.3 Å². The topological polar surface area (TPSA) is 48.6 Å². The summed E-state index contributed by atoms with van der Waals surface area (Å²) in [4.78, 5) is 19.8. The first-order valence-corrected chi connectivity index (χ1v) is 9.61. The number of aromatic amines is 1. The van der Waals surface area contributed by atoms with Crippen LogP contribution in [0.1, 0.15) is 23.3 Å². The molecular formula is C22H23F2N3O2. The number of piperidine rings is 1. The molecular weight excluding hydrogens is 376 g/mol. The highest BCUT2D eigenvalue weighted by molar-refractivity contribution is 5.99. The number of fused-ring (bicyclic) bond motifs is 1. The van der Waals surface area contributed by atoms with Crippen LogP contribution in [0.25, 0.3) is 10.9 Å². The van der Waals surface area contributed by atoms with E-state index in [0.29, 0.717) is 16.8 Å². The van der Waals surface area contributed by atoms with E-state index in [-0.39, 0.29) is 23.3 Å². The van der Waals surface area contributed by atoms with Crippen molar-refractivity contribution >= 4 is 22.5 Å². The highest BCUT2D eigenvalue weighted by Gasteiger charge is 2.27. The molecule has 1 saturated heterocycles. The van der Waals surface area contributed by atoms with Crippen LogP contribution in [-0.2, 0) is 0 Å². The van der Waals surface area contributed by atoms with E-state index in [4.69, 9.17) is 4.74 Å². The van der Waals surface area contributed by atoms with Crippen molar-refractivity contribution < 1.29 is 18.3 Å². The molecule has 2 aromatic carbocycles. The molecule has 29 heavy (non-hydrogen) atoms. The maximum Gasteiger partial charge on any atom is 0.270 e. The molecule has 2 heterocycles. The summed E-state index contributed by atoms with van der Waals surface area (Å²) in [5.41, 5.74) is 1.59. The Kier molecular flexibility index (Phi) is 5.13. The minimum Gasteiger partial charge on any atom is -0.496 e. The Hall–Kier alpha value is -3.09. The summed E-state index contributed by atoms with van der Waals surface area (Å²) in [6.07, 6.45) is 1.61. The highest BCUT2D eigenvalue weighted by Crippen LogP contribution is 2.29. The summed E-state index contributed by atoms with van der Waals surface area (Å²) in [5, 5.41) is 0.551. The second-order valence-corrected chi connectivity index (χ2v) is 7.33. The molecule has 5 nitrogen and oxygen atoms in total. The number of nitrogens with one attached hydrogen (secondary N) is 1. The zero-order valence-corrected chi connectivity index (χ0v) is 16.4. The predicted octanol–water partition coefficient (Wildman–Crippen LogP) is 4.20. The fourth-order valence-electron chi connectivity index (χ4n) is 3.97. The van der Waals surface area contributed by atoms with Gasteiger partial charge in [0.25, 0.3) is 5.91 Å². The zero-order valence-electron chi connectivity index (χ0n) is 16.4. The number of anilines is 1. The van der Waals surface area contributed by atoms with Crippen LogP contribution in [0.5, 0.6) is 5.75 Å². The van der Waals surface area contributed by atoms with E-state index in [9.17, 15) is 13.6 Å². The van der Waals surface area contributed by atoms with E-state index in [2.05, 4.69) is 9.88 Å². The fourth-order valence-corrected chi connectivity index (χ4v) is 3.97. The SMILES string of the molecule is COc1ccc(F)c2[nH]c(C(=O)N(C)C3CCN(c4ccc(F)cc4)CC3)cc12. The lowest BCUT2D eigenvalue weighted by atomic mass is 10.0. The molecule has 1 aliphatic heterocycles. The van der Waals surface area contributed by atoms with Crippen LogP contribution in [0.3, 0.4) is 0 Å². The molecule has 0 radical (unpaired) electrons. The van der Waals surface area contributed by atoms with Crippen LogP contribution in [0.2, 0.25) is 0 Å². The molecule has 0 spiro atoms. The van der Waals surface area contributed by atoms with Gasteiger partial charge < -0.3 is 19.5 Å². The lowest BCUT2D eigenvalue weighted by Crippen LogP contribution is -2.45. The van der Waals surface area contributed by atoms with Crippen molar-refractivity contribution in [2.24, 2.45) is 0 Å². The highest BCUT2D eigenvalue weighted by atomic mass is 19.1. The first-order valence-electron chi connectivity index (χ1n) is 9.61. The Balaban J connectivity index is 1.47. The van der Waals surface area contributed by atoms with Crippen LogP contribution in [0, 0.1) is 11.6 Å². The van der Waals surface area contributed by atoms with Crippen LogP contribution < -0.4 is 9.64 Å². The van der Waals surface area contributed by atoms with Gasteiger partial charge in [-0.15, -0.1) is 0 Å². The van der Waals surface area contributed by atoms with Crippen molar-refractivity contribution in [3.05, 3.63) is 59.8 Å². The lowest BCUT2D eigenvalue weighted by molar-refractivity contribution is 0.0704. The zero-order chi connectivity index (χ0) is 20.5. The second-order valence-electron chi connectivity index (χ2n) is 7.33. The normalized spacial score (nSPS) is 15.0. The van der Waals surface area contributed by atoms with Crippen molar-refractivity contribution in [3.63, 3.8) is 0 Å². The summed E-state index contributed by atoms with van der Waals surface area (Å²) in [5.74, 6) is -0.328. The molecule has 1 aliphatic rings. The molecule has 1 amide bonds. The third kappa shape index (κ3) is 3.64. The number of carbonyl (C=O) groups is 1. The molecule has 1 fully saturated rings. The average molecular weight is 399 g/mol. The minimum atomic E-state index is -0.421. The van der Waals surface area contributed by atoms with E-state index < -0.39 is 5.82 Å². The fraction of sp³-hybridized carbons (Fsp3) is 0.318. The van der Waals surface area contributed by atoms with E-state index in [0.717, 1.165) is 31.6 Å². The van der Waals surface area contributed by atoms with Gasteiger partial charge in [-0.1, -0.05) is 0 Å². The number of hydrogen-bond donors (Lipinski definition) is 1. The van der Waals surface area contributed by atoms with Crippen LogP contribution in [0.4, 0.5) is 14.5 Å². The van der Waals surface area contributed by atoms with Crippen molar-refractivity contribution in [1.82, 2.24) is 9.88 Å². The molecule has 7 heteroatoms. The Bertz CT molecular complexity index is 1020. The monoisotopic (exact) mass is 399 g/mol. The number of benzene rings is 2. The van der Waals surface area contributed by atoms with Crippen molar-refractivity contribution in [2.75, 3.05) is 32.1 Å². The number of carbonyl (C=O) groups excluding carboxylic acids is 1. The summed E-state index contributed by atoms with van der Waals surface area (Å²) < 4.78 is 32.5.